The van der Waals surface area contributed by atoms with Crippen LogP contribution in [0.4, 0.5) is 0 Å². The molecule has 1 aromatic carbocycles. The number of likely N-dealkylation sites (tertiary alicyclic amines) is 2. The molecule has 2 fully saturated rings. The maximum atomic E-state index is 13.6. The number of aryl methyl sites for hydroxylation is 1. The van der Waals surface area contributed by atoms with Gasteiger partial charge >= 0.3 is 0 Å². The highest BCUT2D eigenvalue weighted by Gasteiger charge is 2.48. The molecule has 2 aromatic rings. The summed E-state index contributed by atoms with van der Waals surface area (Å²) in [6.45, 7) is 5.92. The summed E-state index contributed by atoms with van der Waals surface area (Å²) in [4.78, 5) is 52.3. The SMILES string of the molecule is CC(=O)N1CCCC[C@@H]1C(=O)N1C[C@H](O)C[C@H]1C1=N[C@@](C)(c2ccc(-c3scnc3C)cc2)C(=O)N1. The van der Waals surface area contributed by atoms with Crippen molar-refractivity contribution in [2.75, 3.05) is 13.1 Å². The summed E-state index contributed by atoms with van der Waals surface area (Å²) in [5, 5.41) is 13.4. The van der Waals surface area contributed by atoms with Crippen molar-refractivity contribution in [3.05, 3.63) is 41.0 Å². The van der Waals surface area contributed by atoms with Gasteiger partial charge in [0.1, 0.15) is 11.9 Å². The van der Waals surface area contributed by atoms with E-state index in [1.165, 1.54) is 6.92 Å². The summed E-state index contributed by atoms with van der Waals surface area (Å²) >= 11 is 1.57. The summed E-state index contributed by atoms with van der Waals surface area (Å²) in [5.41, 5.74) is 3.40. The van der Waals surface area contributed by atoms with Crippen LogP contribution in [0.3, 0.4) is 0 Å². The van der Waals surface area contributed by atoms with E-state index in [1.54, 1.807) is 28.1 Å². The molecular weight excluding hydrogens is 478 g/mol. The molecule has 2 N–H and O–H groups in total. The third-order valence-corrected chi connectivity index (χ3v) is 8.53. The molecule has 2 saturated heterocycles. The lowest BCUT2D eigenvalue weighted by atomic mass is 9.91. The van der Waals surface area contributed by atoms with Gasteiger partial charge in [0, 0.05) is 26.4 Å². The summed E-state index contributed by atoms with van der Waals surface area (Å²) in [5.74, 6) is -0.197. The predicted octanol–water partition coefficient (Wildman–Crippen LogP) is 2.22. The fraction of sp³-hybridized carbons (Fsp3) is 0.500. The first kappa shape index (κ1) is 24.6. The Labute approximate surface area is 214 Å². The van der Waals surface area contributed by atoms with Gasteiger partial charge in [-0.3, -0.25) is 14.4 Å². The van der Waals surface area contributed by atoms with Crippen LogP contribution in [0.1, 0.15) is 50.8 Å². The van der Waals surface area contributed by atoms with E-state index in [-0.39, 0.29) is 30.7 Å². The minimum atomic E-state index is -1.14. The lowest BCUT2D eigenvalue weighted by Crippen LogP contribution is -2.55. The quantitative estimate of drug-likeness (QED) is 0.656. The molecule has 0 spiro atoms. The van der Waals surface area contributed by atoms with Crippen LogP contribution < -0.4 is 5.32 Å². The van der Waals surface area contributed by atoms with Gasteiger partial charge in [0.2, 0.25) is 11.8 Å². The van der Waals surface area contributed by atoms with Crippen LogP contribution in [0.15, 0.2) is 34.8 Å². The fourth-order valence-corrected chi connectivity index (χ4v) is 6.32. The molecule has 0 bridgehead atoms. The number of amidine groups is 1. The number of aromatic nitrogens is 1. The topological polar surface area (TPSA) is 115 Å². The Kier molecular flexibility index (Phi) is 6.42. The lowest BCUT2D eigenvalue weighted by molar-refractivity contribution is -0.146. The number of carbonyl (C=O) groups excluding carboxylic acids is 3. The molecule has 0 saturated carbocycles. The van der Waals surface area contributed by atoms with Gasteiger partial charge in [-0.1, -0.05) is 24.3 Å². The van der Waals surface area contributed by atoms with E-state index in [9.17, 15) is 19.5 Å². The van der Waals surface area contributed by atoms with Crippen LogP contribution in [0, 0.1) is 6.92 Å². The monoisotopic (exact) mass is 509 g/mol. The fourth-order valence-electron chi connectivity index (χ4n) is 5.51. The number of rotatable bonds is 4. The Hall–Kier alpha value is -3.11. The number of benzene rings is 1. The summed E-state index contributed by atoms with van der Waals surface area (Å²) in [6, 6.07) is 6.65. The number of nitrogens with one attached hydrogen (secondary N) is 1. The number of hydrogen-bond donors (Lipinski definition) is 2. The van der Waals surface area contributed by atoms with Crippen molar-refractivity contribution in [2.45, 2.75) is 70.2 Å². The van der Waals surface area contributed by atoms with Gasteiger partial charge in [-0.2, -0.15) is 0 Å². The van der Waals surface area contributed by atoms with E-state index >= 15 is 0 Å². The highest BCUT2D eigenvalue weighted by Crippen LogP contribution is 2.35. The van der Waals surface area contributed by atoms with Gasteiger partial charge in [-0.15, -0.1) is 11.3 Å². The number of nitrogens with zero attached hydrogens (tertiary/aromatic N) is 4. The number of β-amino-alcohol motifs (C(OH)–C–C–N with tert-alkyl or cyclic N) is 1. The second kappa shape index (κ2) is 9.40. The first-order chi connectivity index (χ1) is 17.2. The number of aliphatic hydroxyl groups is 1. The third-order valence-electron chi connectivity index (χ3n) is 7.55. The highest BCUT2D eigenvalue weighted by atomic mass is 32.1. The molecular formula is C26H31N5O4S. The lowest BCUT2D eigenvalue weighted by Gasteiger charge is -2.37. The standard InChI is InChI=1S/C26H31N5O4S/c1-15-22(36-14-27-15)17-7-9-18(10-8-17)26(3)25(35)28-23(29-26)21-12-19(33)13-31(21)24(34)20-6-4-5-11-30(20)16(2)32/h7-10,14,19-21,33H,4-6,11-13H2,1-3H3,(H,28,29,35)/t19-,20-,21+,26+/m1/s1. The van der Waals surface area contributed by atoms with Crippen LogP contribution in [-0.4, -0.2) is 74.7 Å². The molecule has 9 nitrogen and oxygen atoms in total. The molecule has 190 valence electrons. The zero-order valence-electron chi connectivity index (χ0n) is 20.7. The van der Waals surface area contributed by atoms with E-state index in [1.807, 2.05) is 36.7 Å². The zero-order valence-corrected chi connectivity index (χ0v) is 21.5. The summed E-state index contributed by atoms with van der Waals surface area (Å²) in [6.07, 6.45) is 1.91. The zero-order chi connectivity index (χ0) is 25.6. The molecule has 10 heteroatoms. The van der Waals surface area contributed by atoms with Gasteiger partial charge < -0.3 is 20.2 Å². The van der Waals surface area contributed by atoms with Crippen LogP contribution >= 0.6 is 11.3 Å². The van der Waals surface area contributed by atoms with Gasteiger partial charge in [-0.05, 0) is 44.2 Å². The predicted molar refractivity (Wildman–Crippen MR) is 136 cm³/mol. The number of piperidine rings is 1. The molecule has 1 aromatic heterocycles. The van der Waals surface area contributed by atoms with Gasteiger partial charge in [0.25, 0.3) is 5.91 Å². The average molecular weight is 510 g/mol. The second-order valence-electron chi connectivity index (χ2n) is 9.99. The maximum absolute atomic E-state index is 13.6. The molecule has 0 aliphatic carbocycles. The Morgan fingerprint density at radius 3 is 2.61 bits per heavy atom. The smallest absolute Gasteiger partial charge is 0.257 e. The number of aliphatic imine (C=N–C) groups is 1. The van der Waals surface area contributed by atoms with E-state index in [2.05, 4.69) is 10.3 Å². The Morgan fingerprint density at radius 2 is 1.94 bits per heavy atom. The van der Waals surface area contributed by atoms with E-state index in [4.69, 9.17) is 4.99 Å². The van der Waals surface area contributed by atoms with Crippen LogP contribution in [0.5, 0.6) is 0 Å². The first-order valence-corrected chi connectivity index (χ1v) is 13.2. The van der Waals surface area contributed by atoms with E-state index < -0.39 is 23.7 Å². The Morgan fingerprint density at radius 1 is 1.19 bits per heavy atom. The molecule has 4 heterocycles. The average Bonchev–Trinajstić information content (AvgIpc) is 3.56. The number of carbonyl (C=O) groups is 3. The Bertz CT molecular complexity index is 1230. The molecule has 4 atom stereocenters. The second-order valence-corrected chi connectivity index (χ2v) is 10.8. The van der Waals surface area contributed by atoms with E-state index in [0.29, 0.717) is 18.8 Å². The van der Waals surface area contributed by atoms with E-state index in [0.717, 1.165) is 34.5 Å². The number of thiazole rings is 1. The van der Waals surface area contributed by atoms with Crippen LogP contribution in [-0.2, 0) is 19.9 Å². The molecule has 5 rings (SSSR count). The van der Waals surface area contributed by atoms with Gasteiger partial charge in [0.15, 0.2) is 5.54 Å². The highest BCUT2D eigenvalue weighted by molar-refractivity contribution is 7.13. The van der Waals surface area contributed by atoms with Crippen molar-refractivity contribution in [1.82, 2.24) is 20.1 Å². The van der Waals surface area contributed by atoms with Crippen LogP contribution in [0.25, 0.3) is 10.4 Å². The van der Waals surface area contributed by atoms with Crippen molar-refractivity contribution in [3.8, 4) is 10.4 Å². The van der Waals surface area contributed by atoms with Crippen molar-refractivity contribution in [2.24, 2.45) is 4.99 Å². The summed E-state index contributed by atoms with van der Waals surface area (Å²) in [7, 11) is 0. The maximum Gasteiger partial charge on any atom is 0.257 e. The molecule has 3 amide bonds. The van der Waals surface area contributed by atoms with Crippen molar-refractivity contribution >= 4 is 34.9 Å². The Balaban J connectivity index is 1.41. The minimum Gasteiger partial charge on any atom is -0.391 e. The summed E-state index contributed by atoms with van der Waals surface area (Å²) < 4.78 is 0. The normalized spacial score (nSPS) is 28.3. The van der Waals surface area contributed by atoms with Crippen molar-refractivity contribution < 1.29 is 19.5 Å². The molecule has 3 aliphatic heterocycles. The molecule has 0 unspecified atom stereocenters. The number of aliphatic hydroxyl groups excluding tert-OH is 1. The number of amides is 3. The van der Waals surface area contributed by atoms with Crippen molar-refractivity contribution in [3.63, 3.8) is 0 Å². The minimum absolute atomic E-state index is 0.125. The molecule has 36 heavy (non-hydrogen) atoms. The molecule has 0 radical (unpaired) electrons. The number of hydrogen-bond acceptors (Lipinski definition) is 7. The van der Waals surface area contributed by atoms with Crippen molar-refractivity contribution in [1.29, 1.82) is 0 Å². The molecule has 3 aliphatic rings. The largest absolute Gasteiger partial charge is 0.391 e. The van der Waals surface area contributed by atoms with Crippen LogP contribution in [0.2, 0.25) is 0 Å². The third kappa shape index (κ3) is 4.22. The first-order valence-electron chi connectivity index (χ1n) is 12.4. The van der Waals surface area contributed by atoms with Gasteiger partial charge in [-0.25, -0.2) is 9.98 Å². The van der Waals surface area contributed by atoms with Gasteiger partial charge in [0.05, 0.1) is 28.2 Å².